The molecule has 2 heterocycles. The first kappa shape index (κ1) is 19.4. The SMILES string of the molecule is CC(=O)Nc1nc(C)c(-c2cc3c(c([S+](C)[O-])c2)C(=O)N(C(C)C2CC2)C3)s1. The standard InChI is InChI=1S/C20H23N3O3S2/c1-10-18(27-20(21-10)22-12(3)24)14-7-15-9-23(11(2)13-5-6-13)19(25)17(15)16(8-14)28(4)26/h7-8,11,13H,5-6,9H2,1-4H3,(H,21,22,24). The number of amides is 2. The summed E-state index contributed by atoms with van der Waals surface area (Å²) in [7, 11) is 0. The van der Waals surface area contributed by atoms with Gasteiger partial charge in [-0.3, -0.25) is 9.59 Å². The minimum atomic E-state index is -1.28. The number of aryl methyl sites for hydroxylation is 1. The predicted molar refractivity (Wildman–Crippen MR) is 111 cm³/mol. The lowest BCUT2D eigenvalue weighted by Crippen LogP contribution is -2.35. The molecular weight excluding hydrogens is 394 g/mol. The van der Waals surface area contributed by atoms with Crippen molar-refractivity contribution >= 4 is 39.5 Å². The minimum absolute atomic E-state index is 0.00823. The second kappa shape index (κ2) is 7.17. The summed E-state index contributed by atoms with van der Waals surface area (Å²) in [4.78, 5) is 32.2. The zero-order chi connectivity index (χ0) is 20.2. The van der Waals surface area contributed by atoms with Crippen LogP contribution in [-0.2, 0) is 22.5 Å². The van der Waals surface area contributed by atoms with Gasteiger partial charge in [0.2, 0.25) is 5.91 Å². The van der Waals surface area contributed by atoms with Gasteiger partial charge >= 0.3 is 0 Å². The normalized spacial score (nSPS) is 18.2. The summed E-state index contributed by atoms with van der Waals surface area (Å²) in [6, 6.07) is 4.07. The van der Waals surface area contributed by atoms with Crippen LogP contribution in [0.5, 0.6) is 0 Å². The van der Waals surface area contributed by atoms with Crippen molar-refractivity contribution in [2.24, 2.45) is 5.92 Å². The Balaban J connectivity index is 1.76. The van der Waals surface area contributed by atoms with Crippen molar-refractivity contribution in [3.63, 3.8) is 0 Å². The lowest BCUT2D eigenvalue weighted by atomic mass is 10.0. The van der Waals surface area contributed by atoms with Crippen molar-refractivity contribution in [2.75, 3.05) is 11.6 Å². The Bertz CT molecular complexity index is 966. The van der Waals surface area contributed by atoms with E-state index in [0.29, 0.717) is 28.1 Å². The summed E-state index contributed by atoms with van der Waals surface area (Å²) >= 11 is 0.108. The van der Waals surface area contributed by atoms with Gasteiger partial charge in [-0.15, -0.1) is 0 Å². The highest BCUT2D eigenvalue weighted by Crippen LogP contribution is 2.42. The van der Waals surface area contributed by atoms with E-state index in [1.54, 1.807) is 6.26 Å². The summed E-state index contributed by atoms with van der Waals surface area (Å²) < 4.78 is 12.5. The van der Waals surface area contributed by atoms with Gasteiger partial charge in [-0.1, -0.05) is 11.3 Å². The summed E-state index contributed by atoms with van der Waals surface area (Å²) in [5.74, 6) is 0.406. The molecule has 1 N–H and O–H groups in total. The van der Waals surface area contributed by atoms with Crippen LogP contribution in [0.15, 0.2) is 17.0 Å². The first-order valence-electron chi connectivity index (χ1n) is 9.33. The first-order valence-corrected chi connectivity index (χ1v) is 11.7. The zero-order valence-electron chi connectivity index (χ0n) is 16.4. The van der Waals surface area contributed by atoms with E-state index in [2.05, 4.69) is 17.2 Å². The Labute approximate surface area is 171 Å². The average molecular weight is 418 g/mol. The fraction of sp³-hybridized carbons (Fsp3) is 0.450. The molecule has 0 saturated heterocycles. The number of thiazole rings is 1. The highest BCUT2D eigenvalue weighted by molar-refractivity contribution is 7.90. The molecule has 148 valence electrons. The van der Waals surface area contributed by atoms with Crippen LogP contribution in [0, 0.1) is 12.8 Å². The minimum Gasteiger partial charge on any atom is -0.612 e. The van der Waals surface area contributed by atoms with Crippen LogP contribution in [0.25, 0.3) is 10.4 Å². The first-order chi connectivity index (χ1) is 13.3. The number of fused-ring (bicyclic) bond motifs is 1. The number of hydrogen-bond acceptors (Lipinski definition) is 5. The van der Waals surface area contributed by atoms with Gasteiger partial charge in [-0.25, -0.2) is 4.98 Å². The smallest absolute Gasteiger partial charge is 0.259 e. The van der Waals surface area contributed by atoms with Crippen LogP contribution < -0.4 is 5.32 Å². The lowest BCUT2D eigenvalue weighted by Gasteiger charge is -2.24. The second-order valence-electron chi connectivity index (χ2n) is 7.59. The summed E-state index contributed by atoms with van der Waals surface area (Å²) in [6.45, 7) is 6.00. The van der Waals surface area contributed by atoms with Crippen molar-refractivity contribution in [2.45, 2.75) is 51.1 Å². The van der Waals surface area contributed by atoms with E-state index in [4.69, 9.17) is 0 Å². The Morgan fingerprint density at radius 3 is 2.75 bits per heavy atom. The summed E-state index contributed by atoms with van der Waals surface area (Å²) in [6.07, 6.45) is 3.96. The molecule has 1 fully saturated rings. The zero-order valence-corrected chi connectivity index (χ0v) is 18.0. The highest BCUT2D eigenvalue weighted by atomic mass is 32.2. The maximum Gasteiger partial charge on any atom is 0.259 e. The van der Waals surface area contributed by atoms with Crippen molar-refractivity contribution in [1.82, 2.24) is 9.88 Å². The molecule has 1 aliphatic heterocycles. The van der Waals surface area contributed by atoms with Gasteiger partial charge in [0.15, 0.2) is 10.0 Å². The fourth-order valence-electron chi connectivity index (χ4n) is 3.83. The van der Waals surface area contributed by atoms with Crippen LogP contribution in [0.2, 0.25) is 0 Å². The molecule has 4 rings (SSSR count). The molecule has 1 aliphatic carbocycles. The molecule has 2 unspecified atom stereocenters. The van der Waals surface area contributed by atoms with E-state index in [0.717, 1.165) is 21.7 Å². The Morgan fingerprint density at radius 1 is 1.43 bits per heavy atom. The molecule has 2 atom stereocenters. The Kier molecular flexibility index (Phi) is 4.97. The van der Waals surface area contributed by atoms with Crippen molar-refractivity contribution in [1.29, 1.82) is 0 Å². The molecule has 6 nitrogen and oxygen atoms in total. The second-order valence-corrected chi connectivity index (χ2v) is 9.94. The molecule has 1 aromatic carbocycles. The van der Waals surface area contributed by atoms with Gasteiger partial charge in [0, 0.05) is 25.6 Å². The van der Waals surface area contributed by atoms with Gasteiger partial charge in [0.25, 0.3) is 5.91 Å². The molecule has 2 aromatic rings. The highest BCUT2D eigenvalue weighted by Gasteiger charge is 2.41. The number of nitrogens with zero attached hydrogens (tertiary/aromatic N) is 2. The maximum absolute atomic E-state index is 13.1. The number of nitrogens with one attached hydrogen (secondary N) is 1. The van der Waals surface area contributed by atoms with Gasteiger partial charge in [0.1, 0.15) is 6.26 Å². The van der Waals surface area contributed by atoms with E-state index in [9.17, 15) is 14.1 Å². The molecule has 0 bridgehead atoms. The number of carbonyl (C=O) groups excluding carboxylic acids is 2. The van der Waals surface area contributed by atoms with Crippen LogP contribution in [0.4, 0.5) is 5.13 Å². The average Bonchev–Trinajstić information content (AvgIpc) is 3.33. The third-order valence-corrected chi connectivity index (χ3v) is 7.51. The topological polar surface area (TPSA) is 85.4 Å². The van der Waals surface area contributed by atoms with Gasteiger partial charge in [-0.2, -0.15) is 0 Å². The molecule has 1 saturated carbocycles. The molecule has 2 aliphatic rings. The van der Waals surface area contributed by atoms with Crippen LogP contribution in [0.1, 0.15) is 48.3 Å². The number of rotatable bonds is 5. The molecular formula is C20H23N3O3S2. The van der Waals surface area contributed by atoms with Crippen molar-refractivity contribution in [3.05, 3.63) is 29.0 Å². The molecule has 1 aromatic heterocycles. The monoisotopic (exact) mass is 417 g/mol. The summed E-state index contributed by atoms with van der Waals surface area (Å²) in [5.41, 5.74) is 3.22. The van der Waals surface area contributed by atoms with E-state index in [1.807, 2.05) is 24.0 Å². The number of hydrogen-bond donors (Lipinski definition) is 1. The summed E-state index contributed by atoms with van der Waals surface area (Å²) in [5, 5.41) is 3.26. The fourth-order valence-corrected chi connectivity index (χ4v) is 5.63. The van der Waals surface area contributed by atoms with Gasteiger partial charge in [0.05, 0.1) is 16.1 Å². The maximum atomic E-state index is 13.1. The van der Waals surface area contributed by atoms with E-state index < -0.39 is 11.2 Å². The molecule has 0 spiro atoms. The molecule has 8 heteroatoms. The van der Waals surface area contributed by atoms with Crippen LogP contribution in [0.3, 0.4) is 0 Å². The number of carbonyl (C=O) groups is 2. The quantitative estimate of drug-likeness (QED) is 0.754. The van der Waals surface area contributed by atoms with E-state index >= 15 is 0 Å². The Hall–Kier alpha value is -1.90. The molecule has 2 amide bonds. The molecule has 0 radical (unpaired) electrons. The van der Waals surface area contributed by atoms with E-state index in [1.165, 1.54) is 31.1 Å². The largest absolute Gasteiger partial charge is 0.612 e. The van der Waals surface area contributed by atoms with E-state index in [-0.39, 0.29) is 17.9 Å². The third kappa shape index (κ3) is 3.44. The van der Waals surface area contributed by atoms with Gasteiger partial charge < -0.3 is 14.8 Å². The van der Waals surface area contributed by atoms with Crippen LogP contribution >= 0.6 is 11.3 Å². The Morgan fingerprint density at radius 2 is 2.14 bits per heavy atom. The molecule has 28 heavy (non-hydrogen) atoms. The van der Waals surface area contributed by atoms with Crippen molar-refractivity contribution < 1.29 is 14.1 Å². The predicted octanol–water partition coefficient (Wildman–Crippen LogP) is 3.57. The van der Waals surface area contributed by atoms with Crippen molar-refractivity contribution in [3.8, 4) is 10.4 Å². The number of anilines is 1. The number of benzene rings is 1. The third-order valence-electron chi connectivity index (χ3n) is 5.45. The number of aromatic nitrogens is 1. The lowest BCUT2D eigenvalue weighted by molar-refractivity contribution is -0.114. The van der Waals surface area contributed by atoms with Gasteiger partial charge in [-0.05, 0) is 61.0 Å². The van der Waals surface area contributed by atoms with Crippen LogP contribution in [-0.4, -0.2) is 38.5 Å².